The highest BCUT2D eigenvalue weighted by molar-refractivity contribution is 5.99. The second kappa shape index (κ2) is 5.61. The molecule has 0 aliphatic carbocycles. The minimum absolute atomic E-state index is 0.00927. The molecule has 3 nitrogen and oxygen atoms in total. The molecule has 1 aromatic rings. The predicted molar refractivity (Wildman–Crippen MR) is 62.6 cm³/mol. The van der Waals surface area contributed by atoms with Crippen LogP contribution in [-0.4, -0.2) is 11.9 Å². The Kier molecular flexibility index (Phi) is 4.43. The molecule has 1 rings (SSSR count). The van der Waals surface area contributed by atoms with Crippen LogP contribution in [0.1, 0.15) is 37.0 Å². The van der Waals surface area contributed by atoms with Crippen LogP contribution >= 0.6 is 0 Å². The molecule has 3 N–H and O–H groups in total. The molecule has 5 heteroatoms. The van der Waals surface area contributed by atoms with Gasteiger partial charge in [0, 0.05) is 17.8 Å². The Bertz CT molecular complexity index is 417. The van der Waals surface area contributed by atoms with Crippen molar-refractivity contribution < 1.29 is 13.6 Å². The zero-order valence-electron chi connectivity index (χ0n) is 9.89. The summed E-state index contributed by atoms with van der Waals surface area (Å²) in [5.41, 5.74) is 5.39. The first kappa shape index (κ1) is 13.4. The Morgan fingerprint density at radius 1 is 1.29 bits per heavy atom. The Balaban J connectivity index is 2.93. The molecular formula is C12H16F2N2O. The third-order valence-electron chi connectivity index (χ3n) is 2.66. The lowest BCUT2D eigenvalue weighted by Gasteiger charge is -2.15. The van der Waals surface area contributed by atoms with E-state index < -0.39 is 17.5 Å². The fourth-order valence-corrected chi connectivity index (χ4v) is 1.51. The van der Waals surface area contributed by atoms with E-state index in [0.29, 0.717) is 0 Å². The van der Waals surface area contributed by atoms with Gasteiger partial charge in [-0.3, -0.25) is 4.79 Å². The molecule has 0 aromatic heterocycles. The van der Waals surface area contributed by atoms with Gasteiger partial charge in [0.1, 0.15) is 0 Å². The van der Waals surface area contributed by atoms with Gasteiger partial charge in [-0.15, -0.1) is 0 Å². The van der Waals surface area contributed by atoms with Crippen LogP contribution in [0.4, 0.5) is 14.5 Å². The van der Waals surface area contributed by atoms with Crippen molar-refractivity contribution in [2.45, 2.75) is 32.7 Å². The molecule has 17 heavy (non-hydrogen) atoms. The van der Waals surface area contributed by atoms with Gasteiger partial charge in [-0.1, -0.05) is 13.8 Å². The largest absolute Gasteiger partial charge is 0.398 e. The second-order valence-corrected chi connectivity index (χ2v) is 3.84. The summed E-state index contributed by atoms with van der Waals surface area (Å²) < 4.78 is 25.8. The summed E-state index contributed by atoms with van der Waals surface area (Å²) in [6.45, 7) is 3.87. The van der Waals surface area contributed by atoms with Crippen molar-refractivity contribution in [1.82, 2.24) is 5.32 Å². The molecule has 0 spiro atoms. The number of carbonyl (C=O) groups excluding carboxylic acids is 1. The molecule has 0 saturated carbocycles. The summed E-state index contributed by atoms with van der Waals surface area (Å²) in [5.74, 6) is -2.61. The van der Waals surface area contributed by atoms with Crippen LogP contribution in [0.5, 0.6) is 0 Å². The summed E-state index contributed by atoms with van der Waals surface area (Å²) in [6.07, 6.45) is 1.54. The minimum Gasteiger partial charge on any atom is -0.398 e. The molecule has 0 unspecified atom stereocenters. The van der Waals surface area contributed by atoms with E-state index in [0.717, 1.165) is 25.0 Å². The molecule has 94 valence electrons. The van der Waals surface area contributed by atoms with Crippen molar-refractivity contribution >= 4 is 11.6 Å². The number of nitrogens with two attached hydrogens (primary N) is 1. The number of nitrogens with one attached hydrogen (secondary N) is 1. The zero-order chi connectivity index (χ0) is 13.0. The van der Waals surface area contributed by atoms with Gasteiger partial charge < -0.3 is 11.1 Å². The number of amides is 1. The lowest BCUT2D eigenvalue weighted by atomic mass is 10.1. The first-order valence-corrected chi connectivity index (χ1v) is 5.54. The molecule has 0 aliphatic heterocycles. The minimum atomic E-state index is -1.08. The Morgan fingerprint density at radius 2 is 1.82 bits per heavy atom. The number of rotatable bonds is 4. The summed E-state index contributed by atoms with van der Waals surface area (Å²) in [4.78, 5) is 11.8. The number of nitrogen functional groups attached to an aromatic ring is 1. The van der Waals surface area contributed by atoms with Crippen LogP contribution in [-0.2, 0) is 0 Å². The third kappa shape index (κ3) is 3.15. The van der Waals surface area contributed by atoms with Crippen LogP contribution in [0.15, 0.2) is 12.1 Å². The number of anilines is 1. The van der Waals surface area contributed by atoms with Crippen molar-refractivity contribution in [3.63, 3.8) is 0 Å². The van der Waals surface area contributed by atoms with Crippen LogP contribution in [0.2, 0.25) is 0 Å². The summed E-state index contributed by atoms with van der Waals surface area (Å²) in [5, 5.41) is 2.71. The number of hydrogen-bond acceptors (Lipinski definition) is 2. The van der Waals surface area contributed by atoms with Crippen LogP contribution < -0.4 is 11.1 Å². The van der Waals surface area contributed by atoms with Crippen LogP contribution in [0.3, 0.4) is 0 Å². The molecule has 0 fully saturated rings. The van der Waals surface area contributed by atoms with Gasteiger partial charge in [-0.25, -0.2) is 8.78 Å². The Hall–Kier alpha value is -1.65. The summed E-state index contributed by atoms with van der Waals surface area (Å²) in [7, 11) is 0. The second-order valence-electron chi connectivity index (χ2n) is 3.84. The number of hydrogen-bond donors (Lipinski definition) is 2. The van der Waals surface area contributed by atoms with Gasteiger partial charge in [0.25, 0.3) is 5.91 Å². The summed E-state index contributed by atoms with van der Waals surface area (Å²) >= 11 is 0. The fraction of sp³-hybridized carbons (Fsp3) is 0.417. The smallest absolute Gasteiger partial charge is 0.253 e. The van der Waals surface area contributed by atoms with Crippen molar-refractivity contribution in [3.05, 3.63) is 29.3 Å². The van der Waals surface area contributed by atoms with E-state index in [1.807, 2.05) is 13.8 Å². The first-order chi connectivity index (χ1) is 7.99. The molecule has 0 radical (unpaired) electrons. The molecule has 1 aromatic carbocycles. The lowest BCUT2D eigenvalue weighted by Crippen LogP contribution is -2.34. The Morgan fingerprint density at radius 3 is 2.35 bits per heavy atom. The highest BCUT2D eigenvalue weighted by atomic mass is 19.2. The van der Waals surface area contributed by atoms with E-state index in [2.05, 4.69) is 5.32 Å². The van der Waals surface area contributed by atoms with E-state index in [1.165, 1.54) is 0 Å². The standard InChI is InChI=1S/C12H16F2N2O/c1-3-7(4-2)16-12(17)8-5-9(13)10(14)6-11(8)15/h5-7H,3-4,15H2,1-2H3,(H,16,17). The molecule has 0 atom stereocenters. The van der Waals surface area contributed by atoms with Gasteiger partial charge in [-0.05, 0) is 18.9 Å². The SMILES string of the molecule is CCC(CC)NC(=O)c1cc(F)c(F)cc1N. The van der Waals surface area contributed by atoms with Crippen molar-refractivity contribution in [2.75, 3.05) is 5.73 Å². The van der Waals surface area contributed by atoms with E-state index in [1.54, 1.807) is 0 Å². The molecule has 0 saturated heterocycles. The highest BCUT2D eigenvalue weighted by Gasteiger charge is 2.16. The van der Waals surface area contributed by atoms with Gasteiger partial charge in [-0.2, -0.15) is 0 Å². The summed E-state index contributed by atoms with van der Waals surface area (Å²) in [6, 6.07) is 1.65. The van der Waals surface area contributed by atoms with Gasteiger partial charge in [0.2, 0.25) is 0 Å². The number of halogens is 2. The van der Waals surface area contributed by atoms with E-state index in [-0.39, 0.29) is 17.3 Å². The third-order valence-corrected chi connectivity index (χ3v) is 2.66. The zero-order valence-corrected chi connectivity index (χ0v) is 9.89. The van der Waals surface area contributed by atoms with E-state index in [4.69, 9.17) is 5.73 Å². The average molecular weight is 242 g/mol. The molecule has 0 bridgehead atoms. The molecule has 1 amide bonds. The topological polar surface area (TPSA) is 55.1 Å². The maximum atomic E-state index is 13.0. The predicted octanol–water partition coefficient (Wildman–Crippen LogP) is 2.47. The van der Waals surface area contributed by atoms with Crippen molar-refractivity contribution in [3.8, 4) is 0 Å². The average Bonchev–Trinajstić information content (AvgIpc) is 2.30. The fourth-order valence-electron chi connectivity index (χ4n) is 1.51. The van der Waals surface area contributed by atoms with Crippen molar-refractivity contribution in [2.24, 2.45) is 0 Å². The molecular weight excluding hydrogens is 226 g/mol. The van der Waals surface area contributed by atoms with Gasteiger partial charge >= 0.3 is 0 Å². The number of carbonyl (C=O) groups is 1. The number of benzene rings is 1. The Labute approximate surface area is 99.0 Å². The van der Waals surface area contributed by atoms with Crippen LogP contribution in [0.25, 0.3) is 0 Å². The van der Waals surface area contributed by atoms with E-state index >= 15 is 0 Å². The van der Waals surface area contributed by atoms with Gasteiger partial charge in [0.15, 0.2) is 11.6 Å². The normalized spacial score (nSPS) is 10.6. The maximum absolute atomic E-state index is 13.0. The monoisotopic (exact) mass is 242 g/mol. The van der Waals surface area contributed by atoms with Crippen LogP contribution in [0, 0.1) is 11.6 Å². The van der Waals surface area contributed by atoms with E-state index in [9.17, 15) is 13.6 Å². The first-order valence-electron chi connectivity index (χ1n) is 5.54. The quantitative estimate of drug-likeness (QED) is 0.797. The van der Waals surface area contributed by atoms with Crippen molar-refractivity contribution in [1.29, 1.82) is 0 Å². The molecule has 0 heterocycles. The van der Waals surface area contributed by atoms with Gasteiger partial charge in [0.05, 0.1) is 5.56 Å². The molecule has 0 aliphatic rings. The highest BCUT2D eigenvalue weighted by Crippen LogP contribution is 2.17. The maximum Gasteiger partial charge on any atom is 0.253 e. The lowest BCUT2D eigenvalue weighted by molar-refractivity contribution is 0.0935.